The summed E-state index contributed by atoms with van der Waals surface area (Å²) in [4.78, 5) is 35.1. The van der Waals surface area contributed by atoms with Crippen molar-refractivity contribution in [2.75, 3.05) is 0 Å². The molecule has 0 saturated heterocycles. The van der Waals surface area contributed by atoms with Crippen LogP contribution >= 0.6 is 12.6 Å². The maximum absolute atomic E-state index is 5.09. The number of hydrogen-bond donors (Lipinski definition) is 5. The summed E-state index contributed by atoms with van der Waals surface area (Å²) >= 11 is 4.79. The Hall–Kier alpha value is -5.41. The van der Waals surface area contributed by atoms with Crippen LogP contribution in [0.3, 0.4) is 0 Å². The van der Waals surface area contributed by atoms with Crippen LogP contribution in [0.15, 0.2) is 116 Å². The third-order valence-corrected chi connectivity index (χ3v) is 8.06. The zero-order valence-corrected chi connectivity index (χ0v) is 22.3. The molecule has 5 heterocycles. The normalized spacial score (nSPS) is 12.8. The Balaban J connectivity index is 1.52. The lowest BCUT2D eigenvalue weighted by molar-refractivity contribution is 1.08. The van der Waals surface area contributed by atoms with E-state index in [0.717, 1.165) is 59.6 Å². The van der Waals surface area contributed by atoms with Gasteiger partial charge in [-0.25, -0.2) is 20.0 Å². The van der Waals surface area contributed by atoms with Crippen molar-refractivity contribution in [3.05, 3.63) is 113 Å². The second-order valence-electron chi connectivity index (χ2n) is 10.1. The first-order chi connectivity index (χ1) is 20.2. The number of thiol groups is 1. The molecule has 1 aliphatic rings. The van der Waals surface area contributed by atoms with Gasteiger partial charge in [-0.2, -0.15) is 0 Å². The van der Waals surface area contributed by atoms with E-state index < -0.39 is 0 Å². The van der Waals surface area contributed by atoms with Gasteiger partial charge in [0.05, 0.1) is 0 Å². The average molecular weight is 549 g/mol. The van der Waals surface area contributed by atoms with Crippen LogP contribution in [0.2, 0.25) is 0 Å². The lowest BCUT2D eigenvalue weighted by Crippen LogP contribution is -2.10. The molecule has 0 radical (unpaired) electrons. The molecule has 0 spiro atoms. The molecule has 0 aliphatic carbocycles. The van der Waals surface area contributed by atoms with Gasteiger partial charge in [0.2, 0.25) is 0 Å². The highest BCUT2D eigenvalue weighted by Crippen LogP contribution is 2.38. The van der Waals surface area contributed by atoms with Crippen LogP contribution in [-0.2, 0) is 0 Å². The highest BCUT2D eigenvalue weighted by molar-refractivity contribution is 7.80. The first-order valence-corrected chi connectivity index (χ1v) is 13.7. The van der Waals surface area contributed by atoms with Gasteiger partial charge in [-0.3, -0.25) is 0 Å². The fraction of sp³-hybridized carbons (Fsp3) is 0. The predicted octanol–water partition coefficient (Wildman–Crippen LogP) is 6.02. The van der Waals surface area contributed by atoms with E-state index in [1.54, 1.807) is 0 Å². The molecule has 9 rings (SSSR count). The summed E-state index contributed by atoms with van der Waals surface area (Å²) < 4.78 is 0. The summed E-state index contributed by atoms with van der Waals surface area (Å²) in [6.07, 6.45) is 0. The molecule has 0 fully saturated rings. The molecule has 8 aromatic rings. The van der Waals surface area contributed by atoms with Crippen LogP contribution < -0.4 is 22.0 Å². The Morgan fingerprint density at radius 2 is 0.732 bits per heavy atom. The Morgan fingerprint density at radius 3 is 1.22 bits per heavy atom. The minimum absolute atomic E-state index is 0.670. The van der Waals surface area contributed by atoms with Crippen molar-refractivity contribution in [1.29, 1.82) is 0 Å². The lowest BCUT2D eigenvalue weighted by Gasteiger charge is -1.96. The van der Waals surface area contributed by atoms with Crippen molar-refractivity contribution in [2.24, 2.45) is 20.0 Å². The number of H-pyrrole nitrogens is 4. The van der Waals surface area contributed by atoms with Gasteiger partial charge in [-0.1, -0.05) is 84.9 Å². The molecule has 0 amide bonds. The fourth-order valence-electron chi connectivity index (χ4n) is 5.81. The summed E-state index contributed by atoms with van der Waals surface area (Å²) in [7, 11) is 0. The van der Waals surface area contributed by atoms with Crippen molar-refractivity contribution in [3.63, 3.8) is 0 Å². The van der Waals surface area contributed by atoms with E-state index in [-0.39, 0.29) is 0 Å². The van der Waals surface area contributed by atoms with Crippen molar-refractivity contribution >= 4 is 79.0 Å². The fourth-order valence-corrected chi connectivity index (χ4v) is 6.12. The van der Waals surface area contributed by atoms with Crippen LogP contribution in [0.1, 0.15) is 0 Å². The van der Waals surface area contributed by atoms with Gasteiger partial charge in [0.25, 0.3) is 0 Å². The smallest absolute Gasteiger partial charge is 0.143 e. The Kier molecular flexibility index (Phi) is 4.53. The molecule has 4 N–H and O–H groups in total. The first-order valence-electron chi connectivity index (χ1n) is 13.2. The van der Waals surface area contributed by atoms with E-state index in [0.29, 0.717) is 33.6 Å². The van der Waals surface area contributed by atoms with Crippen LogP contribution in [0.25, 0.3) is 43.1 Å². The number of nitrogens with zero attached hydrogens (tertiary/aromatic N) is 4. The molecule has 8 bridgehead atoms. The summed E-state index contributed by atoms with van der Waals surface area (Å²) in [6, 6.07) is 30.4. The highest BCUT2D eigenvalue weighted by Gasteiger charge is 2.15. The standard InChI is InChI=1S/C32H20N8S/c41-23-15-7-14-22-24(23)32-39-30-21-13-6-5-12-20(21)28(37-30)35-26-17-9-2-1-8-16(17)25(33-26)34-27-18-10-3-4-11-19(18)29(36-27)38-31(22)40-32/h1-15,41H,(H4,33,34,35,36,37,38,39,40). The van der Waals surface area contributed by atoms with Gasteiger partial charge in [-0.05, 0) is 6.07 Å². The molecule has 4 aromatic heterocycles. The van der Waals surface area contributed by atoms with E-state index in [9.17, 15) is 0 Å². The van der Waals surface area contributed by atoms with Crippen molar-refractivity contribution in [2.45, 2.75) is 4.90 Å². The monoisotopic (exact) mass is 548 g/mol. The van der Waals surface area contributed by atoms with Gasteiger partial charge in [0, 0.05) is 48.0 Å². The number of aromatic nitrogens is 4. The predicted molar refractivity (Wildman–Crippen MR) is 164 cm³/mol. The molecule has 0 saturated carbocycles. The van der Waals surface area contributed by atoms with Gasteiger partial charge in [-0.15, -0.1) is 12.6 Å². The van der Waals surface area contributed by atoms with E-state index >= 15 is 0 Å². The molecule has 194 valence electrons. The van der Waals surface area contributed by atoms with Crippen molar-refractivity contribution in [3.8, 4) is 0 Å². The molecule has 9 heteroatoms. The molecule has 0 unspecified atom stereocenters. The van der Waals surface area contributed by atoms with Gasteiger partial charge in [0.1, 0.15) is 45.2 Å². The summed E-state index contributed by atoms with van der Waals surface area (Å²) in [5.41, 5.74) is 2.84. The Bertz CT molecular complexity index is 2610. The molecule has 41 heavy (non-hydrogen) atoms. The molecular weight excluding hydrogens is 528 g/mol. The molecule has 4 aromatic carbocycles. The maximum Gasteiger partial charge on any atom is 0.143 e. The topological polar surface area (TPSA) is 113 Å². The molecular formula is C32H20N8S. The van der Waals surface area contributed by atoms with E-state index in [1.807, 2.05) is 54.6 Å². The second kappa shape index (κ2) is 8.30. The van der Waals surface area contributed by atoms with Crippen LogP contribution in [0.5, 0.6) is 0 Å². The Labute approximate surface area is 236 Å². The zero-order valence-electron chi connectivity index (χ0n) is 21.4. The molecule has 0 atom stereocenters. The number of hydrogen-bond acceptors (Lipinski definition) is 5. The summed E-state index contributed by atoms with van der Waals surface area (Å²) in [6.45, 7) is 0. The van der Waals surface area contributed by atoms with Crippen molar-refractivity contribution in [1.82, 2.24) is 19.9 Å². The molecule has 1 aliphatic heterocycles. The van der Waals surface area contributed by atoms with Crippen LogP contribution in [-0.4, -0.2) is 19.9 Å². The number of rotatable bonds is 0. The van der Waals surface area contributed by atoms with Crippen molar-refractivity contribution < 1.29 is 0 Å². The minimum Gasteiger partial charge on any atom is -0.324 e. The highest BCUT2D eigenvalue weighted by atomic mass is 32.1. The van der Waals surface area contributed by atoms with E-state index in [4.69, 9.17) is 32.6 Å². The minimum atomic E-state index is 0.670. The Morgan fingerprint density at radius 1 is 0.366 bits per heavy atom. The number of aromatic amines is 4. The van der Waals surface area contributed by atoms with E-state index in [1.165, 1.54) is 0 Å². The largest absolute Gasteiger partial charge is 0.324 e. The third kappa shape index (κ3) is 3.30. The van der Waals surface area contributed by atoms with Gasteiger partial charge in [0.15, 0.2) is 0 Å². The lowest BCUT2D eigenvalue weighted by atomic mass is 10.2. The number of fused-ring (bicyclic) bond motifs is 20. The maximum atomic E-state index is 5.09. The SMILES string of the molecule is Sc1cccc2c3[nH]c(c12)N=c1[nH]c(c2ccccc12)=Nc1[nH]c(c2ccccc12)N=c1[nH]c(c2ccccc12)=N3. The average Bonchev–Trinajstić information content (AvgIpc) is 3.73. The quantitative estimate of drug-likeness (QED) is 0.143. The summed E-state index contributed by atoms with van der Waals surface area (Å²) in [5.74, 6) is 2.80. The van der Waals surface area contributed by atoms with Crippen LogP contribution in [0.4, 0.5) is 23.3 Å². The molecule has 8 nitrogen and oxygen atoms in total. The second-order valence-corrected chi connectivity index (χ2v) is 10.6. The number of benzene rings is 4. The van der Waals surface area contributed by atoms with E-state index in [2.05, 4.69) is 56.3 Å². The first kappa shape index (κ1) is 22.4. The zero-order chi connectivity index (χ0) is 27.1. The summed E-state index contributed by atoms with van der Waals surface area (Å²) in [5, 5.41) is 7.67. The van der Waals surface area contributed by atoms with Gasteiger partial charge >= 0.3 is 0 Å². The van der Waals surface area contributed by atoms with Crippen LogP contribution in [0, 0.1) is 0 Å². The number of nitrogens with one attached hydrogen (secondary N) is 4. The third-order valence-electron chi connectivity index (χ3n) is 7.69. The van der Waals surface area contributed by atoms with Gasteiger partial charge < -0.3 is 19.9 Å².